The molecule has 0 unspecified atom stereocenters. The van der Waals surface area contributed by atoms with Crippen LogP contribution in [-0.4, -0.2) is 75.2 Å². The number of carbonyl (C=O) groups is 5. The highest BCUT2D eigenvalue weighted by molar-refractivity contribution is 7.99. The van der Waals surface area contributed by atoms with Crippen LogP contribution >= 0.6 is 11.8 Å². The number of nitro groups is 1. The number of nitrogens with two attached hydrogens (primary N) is 1. The molecule has 15 heteroatoms. The minimum absolute atomic E-state index is 0.125. The number of nitrogens with zero attached hydrogens (tertiary/aromatic N) is 1. The SMILES string of the molecule is NCCCC[C@@H]1NC(=O)[C@H](CCC(=O)O)NC(=O)c2cc([N+](=O)[O-])ccc2SC[C@@H](C(=O)O)NC1=O. The first-order chi connectivity index (χ1) is 17.0. The molecule has 0 aliphatic carbocycles. The number of hydrogen-bond acceptors (Lipinski definition) is 9. The second-order valence-corrected chi connectivity index (χ2v) is 9.01. The molecule has 0 saturated carbocycles. The molecule has 2 rings (SSSR count). The van der Waals surface area contributed by atoms with Gasteiger partial charge in [-0.1, -0.05) is 0 Å². The minimum Gasteiger partial charge on any atom is -0.481 e. The van der Waals surface area contributed by atoms with Gasteiger partial charge in [-0.25, -0.2) is 4.79 Å². The summed E-state index contributed by atoms with van der Waals surface area (Å²) < 4.78 is 0. The molecule has 14 nitrogen and oxygen atoms in total. The molecule has 0 spiro atoms. The lowest BCUT2D eigenvalue weighted by atomic mass is 10.1. The smallest absolute Gasteiger partial charge is 0.327 e. The van der Waals surface area contributed by atoms with Crippen molar-refractivity contribution in [2.24, 2.45) is 5.73 Å². The van der Waals surface area contributed by atoms with E-state index in [0.717, 1.165) is 23.9 Å². The van der Waals surface area contributed by atoms with Crippen LogP contribution in [0.3, 0.4) is 0 Å². The molecule has 7 N–H and O–H groups in total. The van der Waals surface area contributed by atoms with E-state index in [-0.39, 0.29) is 29.1 Å². The Balaban J connectivity index is 2.50. The summed E-state index contributed by atoms with van der Waals surface area (Å²) in [6.45, 7) is 0.332. The zero-order valence-electron chi connectivity index (χ0n) is 19.1. The molecule has 1 aromatic carbocycles. The number of carboxylic acids is 2. The quantitative estimate of drug-likeness (QED) is 0.141. The highest BCUT2D eigenvalue weighted by Crippen LogP contribution is 2.28. The van der Waals surface area contributed by atoms with Crippen LogP contribution in [0.1, 0.15) is 42.5 Å². The minimum atomic E-state index is -1.40. The molecule has 1 heterocycles. The molecule has 0 saturated heterocycles. The zero-order chi connectivity index (χ0) is 26.8. The van der Waals surface area contributed by atoms with Gasteiger partial charge in [0.15, 0.2) is 0 Å². The summed E-state index contributed by atoms with van der Waals surface area (Å²) in [5.74, 6) is -5.32. The Hall–Kier alpha value is -3.72. The fourth-order valence-corrected chi connectivity index (χ4v) is 4.41. The fraction of sp³-hybridized carbons (Fsp3) is 0.476. The number of aliphatic carboxylic acids is 2. The van der Waals surface area contributed by atoms with Gasteiger partial charge >= 0.3 is 11.9 Å². The number of carboxylic acid groups (broad SMARTS) is 2. The number of thioether (sulfide) groups is 1. The summed E-state index contributed by atoms with van der Waals surface area (Å²) in [4.78, 5) is 72.5. The lowest BCUT2D eigenvalue weighted by Crippen LogP contribution is -2.56. The molecule has 0 radical (unpaired) electrons. The summed E-state index contributed by atoms with van der Waals surface area (Å²) in [5, 5.41) is 37.1. The maximum absolute atomic E-state index is 13.1. The molecule has 0 bridgehead atoms. The van der Waals surface area contributed by atoms with Crippen LogP contribution in [0.5, 0.6) is 0 Å². The van der Waals surface area contributed by atoms with E-state index >= 15 is 0 Å². The third-order valence-corrected chi connectivity index (χ3v) is 6.45. The Kier molecular flexibility index (Phi) is 10.6. The van der Waals surface area contributed by atoms with E-state index in [1.54, 1.807) is 0 Å². The molecule has 196 valence electrons. The molecular formula is C21H27N5O9S. The van der Waals surface area contributed by atoms with E-state index in [0.29, 0.717) is 19.4 Å². The third-order valence-electron chi connectivity index (χ3n) is 5.29. The number of benzene rings is 1. The van der Waals surface area contributed by atoms with Gasteiger partial charge in [0, 0.05) is 29.2 Å². The zero-order valence-corrected chi connectivity index (χ0v) is 19.9. The van der Waals surface area contributed by atoms with Gasteiger partial charge in [-0.2, -0.15) is 0 Å². The van der Waals surface area contributed by atoms with Gasteiger partial charge in [-0.05, 0) is 38.3 Å². The number of nitrogens with one attached hydrogen (secondary N) is 3. The Morgan fingerprint density at radius 3 is 2.33 bits per heavy atom. The number of carbonyl (C=O) groups excluding carboxylic acids is 3. The first kappa shape index (κ1) is 28.5. The normalized spacial score (nSPS) is 20.9. The molecule has 0 aromatic heterocycles. The Bertz CT molecular complexity index is 1040. The van der Waals surface area contributed by atoms with Crippen molar-refractivity contribution < 1.29 is 39.1 Å². The molecule has 1 aliphatic heterocycles. The molecule has 3 amide bonds. The third kappa shape index (κ3) is 8.20. The molecule has 3 atom stereocenters. The number of fused-ring (bicyclic) bond motifs is 1. The average molecular weight is 526 g/mol. The predicted molar refractivity (Wildman–Crippen MR) is 126 cm³/mol. The van der Waals surface area contributed by atoms with Gasteiger partial charge in [-0.15, -0.1) is 11.8 Å². The molecule has 36 heavy (non-hydrogen) atoms. The molecule has 0 fully saturated rings. The van der Waals surface area contributed by atoms with Crippen molar-refractivity contribution in [3.8, 4) is 0 Å². The van der Waals surface area contributed by atoms with Crippen LogP contribution in [0.15, 0.2) is 23.1 Å². The molecule has 1 aromatic rings. The average Bonchev–Trinajstić information content (AvgIpc) is 2.82. The van der Waals surface area contributed by atoms with E-state index in [2.05, 4.69) is 16.0 Å². The van der Waals surface area contributed by atoms with Crippen LogP contribution in [0.2, 0.25) is 0 Å². The van der Waals surface area contributed by atoms with Gasteiger partial charge in [-0.3, -0.25) is 29.3 Å². The highest BCUT2D eigenvalue weighted by atomic mass is 32.2. The van der Waals surface area contributed by atoms with E-state index < -0.39 is 64.8 Å². The van der Waals surface area contributed by atoms with Crippen LogP contribution in [-0.2, 0) is 19.2 Å². The predicted octanol–water partition coefficient (Wildman–Crippen LogP) is -0.153. The van der Waals surface area contributed by atoms with Crippen molar-refractivity contribution in [2.75, 3.05) is 12.3 Å². The fourth-order valence-electron chi connectivity index (χ4n) is 3.36. The first-order valence-electron chi connectivity index (χ1n) is 11.0. The lowest BCUT2D eigenvalue weighted by molar-refractivity contribution is -0.384. The number of hydrogen-bond donors (Lipinski definition) is 6. The van der Waals surface area contributed by atoms with E-state index in [9.17, 15) is 39.2 Å². The standard InChI is InChI=1S/C21H27N5O9S/c22-8-2-1-3-13-19(30)25-15(21(32)33)10-36-16-6-4-11(26(34)35)9-12(16)18(29)23-14(20(31)24-13)5-7-17(27)28/h4,6,9,13-15H,1-3,5,7-8,10,22H2,(H,23,29)(H,24,31)(H,25,30)(H,27,28)(H,32,33)/t13-,14-,15-/m0/s1. The van der Waals surface area contributed by atoms with E-state index in [1.807, 2.05) is 0 Å². The second kappa shape index (κ2) is 13.4. The number of amides is 3. The number of unbranched alkanes of at least 4 members (excludes halogenated alkanes) is 1. The van der Waals surface area contributed by atoms with Gasteiger partial charge in [0.1, 0.15) is 18.1 Å². The summed E-state index contributed by atoms with van der Waals surface area (Å²) >= 11 is 0.879. The van der Waals surface area contributed by atoms with Crippen molar-refractivity contribution in [2.45, 2.75) is 55.1 Å². The molecule has 1 aliphatic rings. The lowest BCUT2D eigenvalue weighted by Gasteiger charge is -2.24. The van der Waals surface area contributed by atoms with Crippen molar-refractivity contribution in [1.29, 1.82) is 0 Å². The van der Waals surface area contributed by atoms with Gasteiger partial charge in [0.2, 0.25) is 11.8 Å². The van der Waals surface area contributed by atoms with Crippen molar-refractivity contribution in [3.05, 3.63) is 33.9 Å². The van der Waals surface area contributed by atoms with Crippen LogP contribution in [0.4, 0.5) is 5.69 Å². The highest BCUT2D eigenvalue weighted by Gasteiger charge is 2.32. The van der Waals surface area contributed by atoms with Crippen molar-refractivity contribution >= 4 is 47.1 Å². The van der Waals surface area contributed by atoms with Crippen molar-refractivity contribution in [3.63, 3.8) is 0 Å². The maximum atomic E-state index is 13.1. The van der Waals surface area contributed by atoms with Crippen LogP contribution < -0.4 is 21.7 Å². The molecular weight excluding hydrogens is 498 g/mol. The van der Waals surface area contributed by atoms with E-state index in [4.69, 9.17) is 10.8 Å². The topological polar surface area (TPSA) is 231 Å². The largest absolute Gasteiger partial charge is 0.481 e. The summed E-state index contributed by atoms with van der Waals surface area (Å²) in [6.07, 6.45) is 0.285. The number of nitro benzene ring substituents is 1. The van der Waals surface area contributed by atoms with Crippen LogP contribution in [0, 0.1) is 10.1 Å². The Labute approximate surface area is 209 Å². The van der Waals surface area contributed by atoms with Gasteiger partial charge in [0.05, 0.1) is 10.5 Å². The monoisotopic (exact) mass is 525 g/mol. The maximum Gasteiger partial charge on any atom is 0.327 e. The Morgan fingerprint density at radius 2 is 1.72 bits per heavy atom. The van der Waals surface area contributed by atoms with Crippen LogP contribution in [0.25, 0.3) is 0 Å². The number of non-ortho nitro benzene ring substituents is 1. The van der Waals surface area contributed by atoms with Crippen molar-refractivity contribution in [1.82, 2.24) is 16.0 Å². The Morgan fingerprint density at radius 1 is 1.06 bits per heavy atom. The summed E-state index contributed by atoms with van der Waals surface area (Å²) in [6, 6.07) is -0.567. The summed E-state index contributed by atoms with van der Waals surface area (Å²) in [5.41, 5.74) is 4.88. The van der Waals surface area contributed by atoms with Gasteiger partial charge in [0.25, 0.3) is 11.6 Å². The summed E-state index contributed by atoms with van der Waals surface area (Å²) in [7, 11) is 0. The first-order valence-corrected chi connectivity index (χ1v) is 12.0. The van der Waals surface area contributed by atoms with E-state index in [1.165, 1.54) is 6.07 Å². The second-order valence-electron chi connectivity index (χ2n) is 7.95. The number of rotatable bonds is 9. The van der Waals surface area contributed by atoms with Gasteiger partial charge < -0.3 is 31.9 Å².